The van der Waals surface area contributed by atoms with Gasteiger partial charge < -0.3 is 10.4 Å². The van der Waals surface area contributed by atoms with Crippen LogP contribution < -0.4 is 5.32 Å². The lowest BCUT2D eigenvalue weighted by Crippen LogP contribution is -2.24. The van der Waals surface area contributed by atoms with Crippen LogP contribution in [0.3, 0.4) is 0 Å². The Morgan fingerprint density at radius 3 is 2.71 bits per heavy atom. The molecule has 0 bridgehead atoms. The van der Waals surface area contributed by atoms with Crippen LogP contribution in [0.15, 0.2) is 18.2 Å². The van der Waals surface area contributed by atoms with Crippen LogP contribution >= 0.6 is 0 Å². The summed E-state index contributed by atoms with van der Waals surface area (Å²) in [5.74, 6) is 0.437. The maximum atomic E-state index is 9.93. The first kappa shape index (κ1) is 12.4. The van der Waals surface area contributed by atoms with E-state index in [9.17, 15) is 5.11 Å². The fraction of sp³-hybridized carbons (Fsp3) is 0.600. The Labute approximate surface area is 104 Å². The molecule has 1 aromatic rings. The summed E-state index contributed by atoms with van der Waals surface area (Å²) in [6, 6.07) is 6.57. The molecule has 1 atom stereocenters. The van der Waals surface area contributed by atoms with E-state index in [-0.39, 0.29) is 5.41 Å². The highest BCUT2D eigenvalue weighted by molar-refractivity contribution is 5.39. The Morgan fingerprint density at radius 1 is 1.35 bits per heavy atom. The summed E-state index contributed by atoms with van der Waals surface area (Å²) in [6.45, 7) is 7.73. The van der Waals surface area contributed by atoms with Gasteiger partial charge in [0, 0.05) is 6.04 Å². The Hall–Kier alpha value is -1.02. The molecule has 1 unspecified atom stereocenters. The highest BCUT2D eigenvalue weighted by atomic mass is 16.3. The van der Waals surface area contributed by atoms with Crippen molar-refractivity contribution in [2.75, 3.05) is 6.54 Å². The second-order valence-electron chi connectivity index (χ2n) is 6.09. The van der Waals surface area contributed by atoms with Crippen molar-refractivity contribution in [3.05, 3.63) is 29.3 Å². The minimum absolute atomic E-state index is 0.144. The van der Waals surface area contributed by atoms with Crippen molar-refractivity contribution < 1.29 is 5.11 Å². The van der Waals surface area contributed by atoms with Gasteiger partial charge in [0.05, 0.1) is 0 Å². The Balaban J connectivity index is 2.20. The summed E-state index contributed by atoms with van der Waals surface area (Å²) in [5, 5.41) is 13.4. The molecule has 0 aliphatic carbocycles. The highest BCUT2D eigenvalue weighted by Gasteiger charge is 2.19. The molecule has 0 spiro atoms. The van der Waals surface area contributed by atoms with Crippen LogP contribution in [0.2, 0.25) is 0 Å². The fourth-order valence-corrected chi connectivity index (χ4v) is 2.41. The summed E-state index contributed by atoms with van der Waals surface area (Å²) in [7, 11) is 0. The first-order valence-corrected chi connectivity index (χ1v) is 6.52. The lowest BCUT2D eigenvalue weighted by molar-refractivity contribution is 0.460. The van der Waals surface area contributed by atoms with Crippen molar-refractivity contribution in [2.45, 2.75) is 51.5 Å². The second kappa shape index (κ2) is 4.69. The Morgan fingerprint density at radius 2 is 2.12 bits per heavy atom. The van der Waals surface area contributed by atoms with Gasteiger partial charge in [0.2, 0.25) is 0 Å². The maximum absolute atomic E-state index is 9.93. The zero-order chi connectivity index (χ0) is 12.5. The lowest BCUT2D eigenvalue weighted by Gasteiger charge is -2.21. The smallest absolute Gasteiger partial charge is 0.118 e. The normalized spacial score (nSPS) is 20.8. The molecule has 0 aromatic heterocycles. The third kappa shape index (κ3) is 3.01. The number of phenols is 1. The quantitative estimate of drug-likeness (QED) is 0.823. The van der Waals surface area contributed by atoms with Crippen molar-refractivity contribution in [3.8, 4) is 5.75 Å². The summed E-state index contributed by atoms with van der Waals surface area (Å²) < 4.78 is 0. The molecule has 2 N–H and O–H groups in total. The zero-order valence-corrected chi connectivity index (χ0v) is 11.1. The third-order valence-corrected chi connectivity index (χ3v) is 3.57. The van der Waals surface area contributed by atoms with Crippen LogP contribution in [0.1, 0.15) is 44.7 Å². The highest BCUT2D eigenvalue weighted by Crippen LogP contribution is 2.28. The van der Waals surface area contributed by atoms with Gasteiger partial charge in [-0.25, -0.2) is 0 Å². The molecule has 1 saturated heterocycles. The Bertz CT molecular complexity index is 386. The first-order chi connectivity index (χ1) is 7.97. The van der Waals surface area contributed by atoms with Crippen LogP contribution in [0.5, 0.6) is 5.75 Å². The molecule has 1 heterocycles. The summed E-state index contributed by atoms with van der Waals surface area (Å²) in [6.07, 6.45) is 3.42. The molecule has 0 saturated carbocycles. The molecule has 94 valence electrons. The van der Waals surface area contributed by atoms with E-state index in [1.165, 1.54) is 18.4 Å². The van der Waals surface area contributed by atoms with Gasteiger partial charge in [-0.2, -0.15) is 0 Å². The van der Waals surface area contributed by atoms with Crippen LogP contribution in [-0.2, 0) is 11.8 Å². The number of nitrogens with one attached hydrogen (secondary N) is 1. The van der Waals surface area contributed by atoms with E-state index in [1.54, 1.807) is 0 Å². The van der Waals surface area contributed by atoms with Gasteiger partial charge in [-0.15, -0.1) is 0 Å². The van der Waals surface area contributed by atoms with Gasteiger partial charge in [0.15, 0.2) is 0 Å². The van der Waals surface area contributed by atoms with Gasteiger partial charge in [0.25, 0.3) is 0 Å². The van der Waals surface area contributed by atoms with E-state index in [0.717, 1.165) is 18.5 Å². The number of hydrogen-bond donors (Lipinski definition) is 2. The first-order valence-electron chi connectivity index (χ1n) is 6.52. The molecular weight excluding hydrogens is 210 g/mol. The molecule has 0 amide bonds. The number of benzene rings is 1. The summed E-state index contributed by atoms with van der Waals surface area (Å²) >= 11 is 0. The van der Waals surface area contributed by atoms with Crippen molar-refractivity contribution in [1.29, 1.82) is 0 Å². The molecule has 17 heavy (non-hydrogen) atoms. The van der Waals surface area contributed by atoms with E-state index in [4.69, 9.17) is 0 Å². The molecule has 2 rings (SSSR count). The van der Waals surface area contributed by atoms with Crippen molar-refractivity contribution in [1.82, 2.24) is 5.32 Å². The molecule has 2 nitrogen and oxygen atoms in total. The summed E-state index contributed by atoms with van der Waals surface area (Å²) in [5.41, 5.74) is 2.52. The average molecular weight is 233 g/mol. The minimum atomic E-state index is 0.144. The monoisotopic (exact) mass is 233 g/mol. The molecule has 1 fully saturated rings. The lowest BCUT2D eigenvalue weighted by atomic mass is 9.85. The summed E-state index contributed by atoms with van der Waals surface area (Å²) in [4.78, 5) is 0. The van der Waals surface area contributed by atoms with E-state index in [2.05, 4.69) is 32.2 Å². The molecule has 1 aromatic carbocycles. The zero-order valence-electron chi connectivity index (χ0n) is 11.1. The van der Waals surface area contributed by atoms with Gasteiger partial charge in [-0.05, 0) is 48.4 Å². The predicted octanol–water partition coefficient (Wildman–Crippen LogP) is 2.98. The van der Waals surface area contributed by atoms with Crippen LogP contribution in [0.4, 0.5) is 0 Å². The minimum Gasteiger partial charge on any atom is -0.508 e. The fourth-order valence-electron chi connectivity index (χ4n) is 2.41. The molecule has 0 radical (unpaired) electrons. The number of aromatic hydroxyl groups is 1. The van der Waals surface area contributed by atoms with Crippen LogP contribution in [0.25, 0.3) is 0 Å². The molecular formula is C15H23NO. The van der Waals surface area contributed by atoms with Gasteiger partial charge >= 0.3 is 0 Å². The van der Waals surface area contributed by atoms with Crippen LogP contribution in [0, 0.1) is 0 Å². The van der Waals surface area contributed by atoms with E-state index in [0.29, 0.717) is 11.8 Å². The van der Waals surface area contributed by atoms with Gasteiger partial charge in [-0.1, -0.05) is 32.9 Å². The number of phenolic OH excluding ortho intramolecular Hbond substituents is 1. The second-order valence-corrected chi connectivity index (χ2v) is 6.09. The van der Waals surface area contributed by atoms with Crippen LogP contribution in [-0.4, -0.2) is 17.7 Å². The average Bonchev–Trinajstić information content (AvgIpc) is 2.72. The molecule has 1 aliphatic heterocycles. The number of hydrogen-bond acceptors (Lipinski definition) is 2. The topological polar surface area (TPSA) is 32.3 Å². The van der Waals surface area contributed by atoms with Crippen molar-refractivity contribution in [2.24, 2.45) is 0 Å². The number of rotatable bonds is 2. The van der Waals surface area contributed by atoms with Gasteiger partial charge in [0.1, 0.15) is 5.75 Å². The van der Waals surface area contributed by atoms with E-state index in [1.807, 2.05) is 12.1 Å². The third-order valence-electron chi connectivity index (χ3n) is 3.57. The van der Waals surface area contributed by atoms with Crippen molar-refractivity contribution in [3.63, 3.8) is 0 Å². The Kier molecular flexibility index (Phi) is 3.43. The molecule has 2 heteroatoms. The molecule has 1 aliphatic rings. The standard InChI is InChI=1S/C15H23NO/c1-15(2,3)12-6-7-14(17)11(9-12)10-13-5-4-8-16-13/h6-7,9,13,16-17H,4-5,8,10H2,1-3H3. The van der Waals surface area contributed by atoms with Crippen molar-refractivity contribution >= 4 is 0 Å². The predicted molar refractivity (Wildman–Crippen MR) is 71.5 cm³/mol. The SMILES string of the molecule is CC(C)(C)c1ccc(O)c(CC2CCCN2)c1. The van der Waals surface area contributed by atoms with E-state index < -0.39 is 0 Å². The largest absolute Gasteiger partial charge is 0.508 e. The maximum Gasteiger partial charge on any atom is 0.118 e. The van der Waals surface area contributed by atoms with Gasteiger partial charge in [-0.3, -0.25) is 0 Å². The van der Waals surface area contributed by atoms with E-state index >= 15 is 0 Å².